The number of ether oxygens (including phenoxy) is 3. The zero-order valence-electron chi connectivity index (χ0n) is 20.6. The number of nitrogen functional groups attached to an aromatic ring is 1. The standard InChI is InChI=1S/C28H26ClF2N3O4/c1-13-18-16(38-28(13,17-8-5-9-34-17)14-6-3-2-4-7-14)12-15(30)22(29)19(18)20-21(27(33)35)24(32)26-25(23(20)31)36-10-11-37-26/h2-4,6-7,12-13,17,34H,5,8-11,32H2,1H3,(H2,33,35)/t13-,17-,28-/m0/s1. The van der Waals surface area contributed by atoms with Crippen LogP contribution in [0.15, 0.2) is 36.4 Å². The van der Waals surface area contributed by atoms with Gasteiger partial charge >= 0.3 is 0 Å². The summed E-state index contributed by atoms with van der Waals surface area (Å²) in [5.41, 5.74) is 11.4. The first-order valence-electron chi connectivity index (χ1n) is 12.5. The molecular weight excluding hydrogens is 516 g/mol. The number of benzene rings is 3. The van der Waals surface area contributed by atoms with Gasteiger partial charge < -0.3 is 31.0 Å². The number of amides is 1. The van der Waals surface area contributed by atoms with Gasteiger partial charge in [0, 0.05) is 28.7 Å². The summed E-state index contributed by atoms with van der Waals surface area (Å²) in [6, 6.07) is 10.7. The Kier molecular flexibility index (Phi) is 5.88. The van der Waals surface area contributed by atoms with Crippen molar-refractivity contribution in [2.24, 2.45) is 5.73 Å². The monoisotopic (exact) mass is 541 g/mol. The molecule has 0 aromatic heterocycles. The number of nitrogens with two attached hydrogens (primary N) is 2. The van der Waals surface area contributed by atoms with Gasteiger partial charge in [-0.1, -0.05) is 48.9 Å². The largest absolute Gasteiger partial charge is 0.484 e. The molecule has 3 aliphatic rings. The number of fused-ring (bicyclic) bond motifs is 2. The van der Waals surface area contributed by atoms with Crippen molar-refractivity contribution in [3.63, 3.8) is 0 Å². The van der Waals surface area contributed by atoms with E-state index in [1.54, 1.807) is 0 Å². The van der Waals surface area contributed by atoms with E-state index in [1.807, 2.05) is 37.3 Å². The van der Waals surface area contributed by atoms with E-state index >= 15 is 8.78 Å². The predicted molar refractivity (Wildman–Crippen MR) is 139 cm³/mol. The Morgan fingerprint density at radius 2 is 1.84 bits per heavy atom. The number of hydrogen-bond donors (Lipinski definition) is 3. The van der Waals surface area contributed by atoms with Crippen LogP contribution in [0.1, 0.15) is 47.2 Å². The topological polar surface area (TPSA) is 109 Å². The van der Waals surface area contributed by atoms with Gasteiger partial charge in [0.05, 0.1) is 22.3 Å². The van der Waals surface area contributed by atoms with Gasteiger partial charge in [0.15, 0.2) is 22.9 Å². The highest BCUT2D eigenvalue weighted by atomic mass is 35.5. The lowest BCUT2D eigenvalue weighted by Gasteiger charge is -2.39. The molecule has 3 atom stereocenters. The number of halogens is 3. The van der Waals surface area contributed by atoms with Crippen LogP contribution in [0, 0.1) is 11.6 Å². The SMILES string of the molecule is C[C@H]1c2c(cc(F)c(Cl)c2-c2c(F)c3c(c(N)c2C(N)=O)OCCO3)O[C@@]1(c1ccccc1)[C@@H]1CCCN1. The van der Waals surface area contributed by atoms with Crippen molar-refractivity contribution in [3.05, 3.63) is 69.7 Å². The average Bonchev–Trinajstić information content (AvgIpc) is 3.55. The molecule has 3 heterocycles. The number of primary amides is 1. The van der Waals surface area contributed by atoms with Crippen LogP contribution in [-0.4, -0.2) is 31.7 Å². The lowest BCUT2D eigenvalue weighted by molar-refractivity contribution is 0.0333. The maximum Gasteiger partial charge on any atom is 0.251 e. The van der Waals surface area contributed by atoms with Gasteiger partial charge in [-0.25, -0.2) is 8.78 Å². The van der Waals surface area contributed by atoms with Gasteiger partial charge in [-0.2, -0.15) is 0 Å². The first-order chi connectivity index (χ1) is 18.3. The summed E-state index contributed by atoms with van der Waals surface area (Å²) >= 11 is 6.58. The molecule has 7 nitrogen and oxygen atoms in total. The second-order valence-electron chi connectivity index (χ2n) is 9.79. The van der Waals surface area contributed by atoms with Gasteiger partial charge in [0.25, 0.3) is 5.91 Å². The number of carbonyl (C=O) groups excluding carboxylic acids is 1. The third-order valence-corrected chi connectivity index (χ3v) is 8.21. The fourth-order valence-corrected chi connectivity index (χ4v) is 6.49. The quantitative estimate of drug-likeness (QED) is 0.406. The molecule has 0 aliphatic carbocycles. The van der Waals surface area contributed by atoms with Crippen molar-refractivity contribution in [3.8, 4) is 28.4 Å². The van der Waals surface area contributed by atoms with Crippen molar-refractivity contribution >= 4 is 23.2 Å². The smallest absolute Gasteiger partial charge is 0.251 e. The zero-order chi connectivity index (χ0) is 26.8. The molecule has 0 bridgehead atoms. The Morgan fingerprint density at radius 1 is 1.13 bits per heavy atom. The van der Waals surface area contributed by atoms with E-state index in [0.29, 0.717) is 5.56 Å². The summed E-state index contributed by atoms with van der Waals surface area (Å²) in [5.74, 6) is -3.44. The molecule has 0 saturated carbocycles. The van der Waals surface area contributed by atoms with E-state index in [2.05, 4.69) is 5.32 Å². The third kappa shape index (κ3) is 3.38. The highest BCUT2D eigenvalue weighted by Crippen LogP contribution is 2.59. The third-order valence-electron chi connectivity index (χ3n) is 7.84. The number of rotatable bonds is 4. The molecule has 38 heavy (non-hydrogen) atoms. The van der Waals surface area contributed by atoms with E-state index in [0.717, 1.165) is 24.9 Å². The fourth-order valence-electron chi connectivity index (χ4n) is 6.24. The first-order valence-corrected chi connectivity index (χ1v) is 12.9. The minimum atomic E-state index is -1.01. The summed E-state index contributed by atoms with van der Waals surface area (Å²) in [7, 11) is 0. The maximum absolute atomic E-state index is 16.3. The molecule has 3 aliphatic heterocycles. The minimum absolute atomic E-state index is 0.0417. The lowest BCUT2D eigenvalue weighted by atomic mass is 9.73. The maximum atomic E-state index is 16.3. The number of anilines is 1. The molecular formula is C28H26ClF2N3O4. The predicted octanol–water partition coefficient (Wildman–Crippen LogP) is 4.88. The van der Waals surface area contributed by atoms with Crippen LogP contribution in [0.25, 0.3) is 11.1 Å². The molecule has 0 spiro atoms. The molecule has 3 aromatic rings. The van der Waals surface area contributed by atoms with E-state index in [-0.39, 0.29) is 63.9 Å². The second kappa shape index (κ2) is 9.03. The van der Waals surface area contributed by atoms with E-state index in [9.17, 15) is 4.79 Å². The molecule has 1 amide bonds. The second-order valence-corrected chi connectivity index (χ2v) is 10.2. The highest BCUT2D eigenvalue weighted by Gasteiger charge is 2.55. The molecule has 6 rings (SSSR count). The molecule has 1 saturated heterocycles. The minimum Gasteiger partial charge on any atom is -0.484 e. The Labute approximate surface area is 223 Å². The average molecular weight is 542 g/mol. The number of nitrogens with one attached hydrogen (secondary N) is 1. The Hall–Kier alpha value is -3.56. The van der Waals surface area contributed by atoms with Crippen molar-refractivity contribution in [2.45, 2.75) is 37.3 Å². The van der Waals surface area contributed by atoms with Crippen LogP contribution in [0.4, 0.5) is 14.5 Å². The lowest BCUT2D eigenvalue weighted by Crippen LogP contribution is -2.50. The van der Waals surface area contributed by atoms with Gasteiger partial charge in [-0.15, -0.1) is 0 Å². The zero-order valence-corrected chi connectivity index (χ0v) is 21.3. The molecule has 0 radical (unpaired) electrons. The van der Waals surface area contributed by atoms with E-state index in [4.69, 9.17) is 37.3 Å². The van der Waals surface area contributed by atoms with Crippen molar-refractivity contribution in [2.75, 3.05) is 25.5 Å². The fraction of sp³-hybridized carbons (Fsp3) is 0.321. The molecule has 0 unspecified atom stereocenters. The summed E-state index contributed by atoms with van der Waals surface area (Å²) < 4.78 is 49.4. The molecule has 5 N–H and O–H groups in total. The van der Waals surface area contributed by atoms with Gasteiger partial charge in [-0.3, -0.25) is 4.79 Å². The summed E-state index contributed by atoms with van der Waals surface area (Å²) in [4.78, 5) is 12.7. The molecule has 10 heteroatoms. The van der Waals surface area contributed by atoms with Crippen LogP contribution >= 0.6 is 11.6 Å². The number of carbonyl (C=O) groups is 1. The van der Waals surface area contributed by atoms with Crippen molar-refractivity contribution in [1.29, 1.82) is 0 Å². The van der Waals surface area contributed by atoms with Crippen LogP contribution in [0.5, 0.6) is 17.2 Å². The van der Waals surface area contributed by atoms with Crippen LogP contribution in [0.3, 0.4) is 0 Å². The summed E-state index contributed by atoms with van der Waals surface area (Å²) in [6.45, 7) is 2.91. The molecule has 3 aromatic carbocycles. The Morgan fingerprint density at radius 3 is 2.50 bits per heavy atom. The first kappa shape index (κ1) is 24.8. The molecule has 198 valence electrons. The van der Waals surface area contributed by atoms with E-state index < -0.39 is 29.1 Å². The van der Waals surface area contributed by atoms with Crippen molar-refractivity contribution < 1.29 is 27.8 Å². The Balaban J connectivity index is 1.67. The van der Waals surface area contributed by atoms with Crippen molar-refractivity contribution in [1.82, 2.24) is 5.32 Å². The molecule has 1 fully saturated rings. The van der Waals surface area contributed by atoms with Crippen LogP contribution in [0.2, 0.25) is 5.02 Å². The van der Waals surface area contributed by atoms with Gasteiger partial charge in [0.1, 0.15) is 24.8 Å². The normalized spacial score (nSPS) is 23.7. The van der Waals surface area contributed by atoms with Crippen LogP contribution in [-0.2, 0) is 5.60 Å². The number of hydrogen-bond acceptors (Lipinski definition) is 6. The summed E-state index contributed by atoms with van der Waals surface area (Å²) in [6.07, 6.45) is 1.75. The Bertz CT molecular complexity index is 1460. The van der Waals surface area contributed by atoms with Gasteiger partial charge in [0.2, 0.25) is 0 Å². The van der Waals surface area contributed by atoms with Gasteiger partial charge in [-0.05, 0) is 24.9 Å². The van der Waals surface area contributed by atoms with Crippen LogP contribution < -0.4 is 31.0 Å². The highest BCUT2D eigenvalue weighted by molar-refractivity contribution is 6.34. The summed E-state index contributed by atoms with van der Waals surface area (Å²) in [5, 5.41) is 3.15. The van der Waals surface area contributed by atoms with E-state index in [1.165, 1.54) is 6.07 Å².